The van der Waals surface area contributed by atoms with Gasteiger partial charge in [0, 0.05) is 26.4 Å². The number of rotatable bonds is 3. The van der Waals surface area contributed by atoms with Crippen molar-refractivity contribution in [1.82, 2.24) is 0 Å². The maximum atomic E-state index is 7.00. The lowest BCUT2D eigenvalue weighted by atomic mass is 10.1. The van der Waals surface area contributed by atoms with E-state index in [0.717, 1.165) is 19.8 Å². The van der Waals surface area contributed by atoms with Gasteiger partial charge in [-0.15, -0.1) is 0 Å². The van der Waals surface area contributed by atoms with Gasteiger partial charge in [-0.25, -0.2) is 0 Å². The van der Waals surface area contributed by atoms with E-state index < -0.39 is 0 Å². The first-order valence-electron chi connectivity index (χ1n) is 9.62. The molecule has 2 fully saturated rings. The third-order valence-electron chi connectivity index (χ3n) is 4.85. The van der Waals surface area contributed by atoms with E-state index in [0.29, 0.717) is 6.10 Å². The van der Waals surface area contributed by atoms with Crippen molar-refractivity contribution in [2.45, 2.75) is 72.6 Å². The van der Waals surface area contributed by atoms with Crippen molar-refractivity contribution in [3.63, 3.8) is 0 Å². The van der Waals surface area contributed by atoms with E-state index in [1.54, 1.807) is 0 Å². The first-order chi connectivity index (χ1) is 11.7. The van der Waals surface area contributed by atoms with Crippen LogP contribution in [0.4, 0.5) is 0 Å². The van der Waals surface area contributed by atoms with Gasteiger partial charge in [-0.1, -0.05) is 57.5 Å². The minimum Gasteiger partial charge on any atom is -0.400 e. The lowest BCUT2D eigenvalue weighted by molar-refractivity contribution is -0.909. The van der Waals surface area contributed by atoms with Crippen molar-refractivity contribution in [2.75, 3.05) is 27.2 Å². The summed E-state index contributed by atoms with van der Waals surface area (Å²) in [7, 11) is 3.41. The zero-order chi connectivity index (χ0) is 18.6. The third-order valence-corrected chi connectivity index (χ3v) is 4.85. The van der Waals surface area contributed by atoms with Crippen LogP contribution in [0, 0.1) is 6.92 Å². The highest BCUT2D eigenvalue weighted by Crippen LogP contribution is 2.35. The molecule has 3 heteroatoms. The van der Waals surface area contributed by atoms with Gasteiger partial charge >= 0.3 is 0 Å². The molecule has 0 aliphatic carbocycles. The molecule has 3 rings (SSSR count). The Bertz CT molecular complexity index is 418. The number of hydrogen-bond donors (Lipinski definition) is 1. The van der Waals surface area contributed by atoms with Crippen LogP contribution in [-0.4, -0.2) is 49.0 Å². The van der Waals surface area contributed by atoms with Crippen molar-refractivity contribution in [3.05, 3.63) is 35.4 Å². The maximum Gasteiger partial charge on any atom is 0.112 e. The molecular weight excluding hydrogens is 298 g/mol. The highest BCUT2D eigenvalue weighted by atomic mass is 16.5. The number of likely N-dealkylation sites (N-methyl/N-ethyl adjacent to an activating group) is 1. The van der Waals surface area contributed by atoms with Crippen molar-refractivity contribution in [2.24, 2.45) is 0 Å². The van der Waals surface area contributed by atoms with Crippen molar-refractivity contribution in [3.8, 4) is 0 Å². The van der Waals surface area contributed by atoms with Gasteiger partial charge in [-0.2, -0.15) is 0 Å². The summed E-state index contributed by atoms with van der Waals surface area (Å²) in [6.07, 6.45) is 4.55. The summed E-state index contributed by atoms with van der Waals surface area (Å²) in [5.41, 5.74) is 2.62. The Kier molecular flexibility index (Phi) is 12.0. The van der Waals surface area contributed by atoms with Gasteiger partial charge in [-0.05, 0) is 12.5 Å². The summed E-state index contributed by atoms with van der Waals surface area (Å²) in [6.45, 7) is 13.5. The average Bonchev–Trinajstić information content (AvgIpc) is 3.14. The Labute approximate surface area is 150 Å². The monoisotopic (exact) mass is 338 g/mol. The molecule has 0 amide bonds. The number of benzene rings is 1. The SMILES string of the molecule is CC.CC.CO.Cc1ccc(COC2CC3CCC[N+]3(C)C2)cc1. The second-order valence-corrected chi connectivity index (χ2v) is 6.34. The predicted molar refractivity (Wildman–Crippen MR) is 104 cm³/mol. The second kappa shape index (κ2) is 12.5. The Morgan fingerprint density at radius 3 is 2.21 bits per heavy atom. The molecule has 1 aromatic carbocycles. The van der Waals surface area contributed by atoms with Crippen LogP contribution in [0.25, 0.3) is 0 Å². The highest BCUT2D eigenvalue weighted by molar-refractivity contribution is 5.20. The maximum absolute atomic E-state index is 7.00. The molecule has 1 N–H and O–H groups in total. The number of nitrogens with zero attached hydrogens (tertiary/aromatic N) is 1. The molecule has 140 valence electrons. The Morgan fingerprint density at radius 1 is 1.08 bits per heavy atom. The molecule has 1 aromatic rings. The largest absolute Gasteiger partial charge is 0.400 e. The standard InChI is InChI=1S/C16H24NO.2C2H6.CH4O/c1-13-5-7-14(8-6-13)12-18-16-10-15-4-3-9-17(15,2)11-16;3*1-2/h5-8,15-16H,3-4,9-12H2,1-2H3;2*1-2H3;2H,1H3/q+1;;;. The van der Waals surface area contributed by atoms with Gasteiger partial charge in [0.25, 0.3) is 0 Å². The minimum absolute atomic E-state index is 0.474. The first kappa shape index (κ1) is 23.1. The summed E-state index contributed by atoms with van der Waals surface area (Å²) in [6, 6.07) is 9.57. The normalized spacial score (nSPS) is 26.8. The van der Waals surface area contributed by atoms with Gasteiger partial charge < -0.3 is 14.3 Å². The molecule has 0 saturated carbocycles. The zero-order valence-electron chi connectivity index (χ0n) is 17.0. The van der Waals surface area contributed by atoms with E-state index in [4.69, 9.17) is 9.84 Å². The predicted octanol–water partition coefficient (Wildman–Crippen LogP) is 4.55. The smallest absolute Gasteiger partial charge is 0.112 e. The van der Waals surface area contributed by atoms with Crippen molar-refractivity contribution >= 4 is 0 Å². The molecule has 0 aromatic heterocycles. The van der Waals surface area contributed by atoms with Gasteiger partial charge in [0.1, 0.15) is 12.6 Å². The molecule has 2 aliphatic heterocycles. The van der Waals surface area contributed by atoms with Crippen LogP contribution in [0.1, 0.15) is 58.1 Å². The summed E-state index contributed by atoms with van der Waals surface area (Å²) in [5, 5.41) is 7.00. The molecule has 0 radical (unpaired) electrons. The lowest BCUT2D eigenvalue weighted by Gasteiger charge is -2.29. The molecule has 24 heavy (non-hydrogen) atoms. The number of hydrogen-bond acceptors (Lipinski definition) is 2. The molecule has 3 unspecified atom stereocenters. The number of aliphatic hydroxyl groups excluding tert-OH is 1. The molecule has 3 nitrogen and oxygen atoms in total. The van der Waals surface area contributed by atoms with Crippen molar-refractivity contribution in [1.29, 1.82) is 0 Å². The number of ether oxygens (including phenoxy) is 1. The summed E-state index contributed by atoms with van der Waals surface area (Å²) in [5.74, 6) is 0. The van der Waals surface area contributed by atoms with E-state index in [9.17, 15) is 0 Å². The number of quaternary nitrogens is 1. The third kappa shape index (κ3) is 6.54. The molecule has 0 bridgehead atoms. The topological polar surface area (TPSA) is 29.5 Å². The van der Waals surface area contributed by atoms with Crippen LogP contribution >= 0.6 is 0 Å². The summed E-state index contributed by atoms with van der Waals surface area (Å²) in [4.78, 5) is 0. The Morgan fingerprint density at radius 2 is 1.67 bits per heavy atom. The van der Waals surface area contributed by atoms with Crippen LogP contribution in [0.2, 0.25) is 0 Å². The van der Waals surface area contributed by atoms with Crippen LogP contribution in [0.5, 0.6) is 0 Å². The zero-order valence-corrected chi connectivity index (χ0v) is 17.0. The molecule has 2 heterocycles. The van der Waals surface area contributed by atoms with Crippen LogP contribution < -0.4 is 0 Å². The first-order valence-corrected chi connectivity index (χ1v) is 9.62. The van der Waals surface area contributed by atoms with Crippen molar-refractivity contribution < 1.29 is 14.3 Å². The fourth-order valence-corrected chi connectivity index (χ4v) is 3.66. The van der Waals surface area contributed by atoms with Gasteiger partial charge in [0.2, 0.25) is 0 Å². The van der Waals surface area contributed by atoms with Crippen LogP contribution in [0.15, 0.2) is 24.3 Å². The minimum atomic E-state index is 0.474. The second-order valence-electron chi connectivity index (χ2n) is 6.34. The molecule has 3 atom stereocenters. The van der Waals surface area contributed by atoms with E-state index >= 15 is 0 Å². The lowest BCUT2D eigenvalue weighted by Crippen LogP contribution is -2.44. The van der Waals surface area contributed by atoms with Gasteiger partial charge in [0.15, 0.2) is 0 Å². The fraction of sp³-hybridized carbons (Fsp3) is 0.714. The van der Waals surface area contributed by atoms with E-state index in [-0.39, 0.29) is 0 Å². The van der Waals surface area contributed by atoms with Gasteiger partial charge in [0.05, 0.1) is 26.2 Å². The number of fused-ring (bicyclic) bond motifs is 1. The Hall–Kier alpha value is -0.900. The highest BCUT2D eigenvalue weighted by Gasteiger charge is 2.47. The average molecular weight is 339 g/mol. The number of aryl methyl sites for hydroxylation is 1. The van der Waals surface area contributed by atoms with E-state index in [1.165, 1.54) is 48.0 Å². The molecule has 0 spiro atoms. The quantitative estimate of drug-likeness (QED) is 0.819. The Balaban J connectivity index is 0.000000798. The fourth-order valence-electron chi connectivity index (χ4n) is 3.66. The van der Waals surface area contributed by atoms with Crippen LogP contribution in [0.3, 0.4) is 0 Å². The van der Waals surface area contributed by atoms with E-state index in [2.05, 4.69) is 38.2 Å². The van der Waals surface area contributed by atoms with E-state index in [1.807, 2.05) is 27.7 Å². The summed E-state index contributed by atoms with van der Waals surface area (Å²) < 4.78 is 7.38. The molecule has 2 aliphatic rings. The molecular formula is C21H40NO2+. The van der Waals surface area contributed by atoms with Gasteiger partial charge in [-0.3, -0.25) is 0 Å². The molecule has 2 saturated heterocycles. The van der Waals surface area contributed by atoms with Crippen LogP contribution in [-0.2, 0) is 11.3 Å². The number of aliphatic hydroxyl groups is 1. The summed E-state index contributed by atoms with van der Waals surface area (Å²) >= 11 is 0.